The number of carboxylic acids is 2. The number of aliphatic hydroxyl groups excluding tert-OH is 1. The van der Waals surface area contributed by atoms with Gasteiger partial charge in [-0.2, -0.15) is 0 Å². The quantitative estimate of drug-likeness (QED) is 0.121. The van der Waals surface area contributed by atoms with E-state index in [0.29, 0.717) is 25.8 Å². The SMILES string of the molecule is CC(O)C(NC(=O)C(CCC(=O)O)NC(=O)CNC(=O)C(N)CCCCN)C(=O)O. The lowest BCUT2D eigenvalue weighted by molar-refractivity contribution is -0.145. The van der Waals surface area contributed by atoms with E-state index in [2.05, 4.69) is 10.6 Å². The number of carboxylic acid groups (broad SMARTS) is 2. The van der Waals surface area contributed by atoms with Gasteiger partial charge in [0, 0.05) is 6.42 Å². The molecular weight excluding hydrogens is 402 g/mol. The molecule has 0 aromatic rings. The molecule has 0 heterocycles. The van der Waals surface area contributed by atoms with Crippen molar-refractivity contribution in [1.82, 2.24) is 16.0 Å². The predicted octanol–water partition coefficient (Wildman–Crippen LogP) is -3.14. The molecule has 172 valence electrons. The van der Waals surface area contributed by atoms with Gasteiger partial charge in [0.2, 0.25) is 17.7 Å². The van der Waals surface area contributed by atoms with Crippen molar-refractivity contribution < 1.29 is 39.3 Å². The molecule has 30 heavy (non-hydrogen) atoms. The summed E-state index contributed by atoms with van der Waals surface area (Å²) >= 11 is 0. The lowest BCUT2D eigenvalue weighted by Crippen LogP contribution is -2.56. The molecule has 0 aromatic carbocycles. The van der Waals surface area contributed by atoms with Crippen LogP contribution < -0.4 is 27.4 Å². The minimum absolute atomic E-state index is 0.328. The molecule has 0 saturated heterocycles. The Morgan fingerprint density at radius 1 is 0.967 bits per heavy atom. The van der Waals surface area contributed by atoms with E-state index in [4.69, 9.17) is 21.7 Å². The lowest BCUT2D eigenvalue weighted by Gasteiger charge is -2.22. The van der Waals surface area contributed by atoms with Crippen molar-refractivity contribution in [3.05, 3.63) is 0 Å². The first-order chi connectivity index (χ1) is 14.0. The summed E-state index contributed by atoms with van der Waals surface area (Å²) < 4.78 is 0. The Balaban J connectivity index is 4.84. The van der Waals surface area contributed by atoms with Gasteiger partial charge in [-0.1, -0.05) is 6.42 Å². The molecule has 0 aromatic heterocycles. The van der Waals surface area contributed by atoms with Crippen LogP contribution in [0.1, 0.15) is 39.0 Å². The van der Waals surface area contributed by atoms with Gasteiger partial charge >= 0.3 is 11.9 Å². The predicted molar refractivity (Wildman–Crippen MR) is 104 cm³/mol. The fraction of sp³-hybridized carbons (Fsp3) is 0.706. The molecule has 0 aliphatic heterocycles. The highest BCUT2D eigenvalue weighted by molar-refractivity contribution is 5.92. The number of hydrogen-bond acceptors (Lipinski definition) is 8. The van der Waals surface area contributed by atoms with E-state index in [-0.39, 0.29) is 6.42 Å². The van der Waals surface area contributed by atoms with Crippen molar-refractivity contribution in [2.24, 2.45) is 11.5 Å². The van der Waals surface area contributed by atoms with Crippen molar-refractivity contribution in [1.29, 1.82) is 0 Å². The Bertz CT molecular complexity index is 613. The van der Waals surface area contributed by atoms with Gasteiger partial charge in [0.1, 0.15) is 6.04 Å². The minimum Gasteiger partial charge on any atom is -0.481 e. The van der Waals surface area contributed by atoms with E-state index in [9.17, 15) is 29.1 Å². The molecule has 13 nitrogen and oxygen atoms in total. The molecular formula is C17H31N5O8. The number of aliphatic carboxylic acids is 2. The summed E-state index contributed by atoms with van der Waals surface area (Å²) in [4.78, 5) is 58.1. The van der Waals surface area contributed by atoms with Gasteiger partial charge < -0.3 is 42.7 Å². The van der Waals surface area contributed by atoms with E-state index >= 15 is 0 Å². The molecule has 4 unspecified atom stereocenters. The maximum atomic E-state index is 12.3. The number of amides is 3. The first-order valence-electron chi connectivity index (χ1n) is 9.45. The van der Waals surface area contributed by atoms with Crippen molar-refractivity contribution in [2.75, 3.05) is 13.1 Å². The second-order valence-corrected chi connectivity index (χ2v) is 6.73. The van der Waals surface area contributed by atoms with Crippen LogP contribution in [0.2, 0.25) is 0 Å². The summed E-state index contributed by atoms with van der Waals surface area (Å²) in [7, 11) is 0. The normalized spacial score (nSPS) is 14.7. The zero-order valence-electron chi connectivity index (χ0n) is 16.8. The van der Waals surface area contributed by atoms with Gasteiger partial charge in [-0.15, -0.1) is 0 Å². The number of carbonyl (C=O) groups is 5. The molecule has 0 rings (SSSR count). The Kier molecular flexibility index (Phi) is 12.9. The minimum atomic E-state index is -1.65. The number of carbonyl (C=O) groups excluding carboxylic acids is 3. The Morgan fingerprint density at radius 3 is 2.10 bits per heavy atom. The van der Waals surface area contributed by atoms with Crippen LogP contribution in [-0.4, -0.2) is 82.3 Å². The van der Waals surface area contributed by atoms with Gasteiger partial charge in [0.25, 0.3) is 0 Å². The van der Waals surface area contributed by atoms with Crippen LogP contribution >= 0.6 is 0 Å². The van der Waals surface area contributed by atoms with Gasteiger partial charge in [-0.3, -0.25) is 19.2 Å². The van der Waals surface area contributed by atoms with E-state index in [0.717, 1.165) is 6.92 Å². The first kappa shape index (κ1) is 27.2. The number of rotatable bonds is 15. The van der Waals surface area contributed by atoms with E-state index in [1.165, 1.54) is 0 Å². The van der Waals surface area contributed by atoms with Crippen LogP contribution in [0.15, 0.2) is 0 Å². The zero-order valence-corrected chi connectivity index (χ0v) is 16.8. The van der Waals surface area contributed by atoms with Crippen LogP contribution in [0.25, 0.3) is 0 Å². The Morgan fingerprint density at radius 2 is 1.60 bits per heavy atom. The molecule has 0 bridgehead atoms. The highest BCUT2D eigenvalue weighted by atomic mass is 16.4. The molecule has 13 heteroatoms. The summed E-state index contributed by atoms with van der Waals surface area (Å²) in [5.41, 5.74) is 11.0. The number of aliphatic hydroxyl groups is 1. The number of nitrogens with one attached hydrogen (secondary N) is 3. The lowest BCUT2D eigenvalue weighted by atomic mass is 10.1. The molecule has 0 aliphatic carbocycles. The summed E-state index contributed by atoms with van der Waals surface area (Å²) in [6.45, 7) is 1.10. The van der Waals surface area contributed by atoms with Crippen LogP contribution in [0, 0.1) is 0 Å². The van der Waals surface area contributed by atoms with Crippen LogP contribution in [0.4, 0.5) is 0 Å². The molecule has 3 amide bonds. The Labute approximate surface area is 173 Å². The summed E-state index contributed by atoms with van der Waals surface area (Å²) in [6, 6.07) is -3.87. The van der Waals surface area contributed by atoms with E-state index < -0.39 is 66.9 Å². The third-order valence-electron chi connectivity index (χ3n) is 4.07. The monoisotopic (exact) mass is 433 g/mol. The van der Waals surface area contributed by atoms with E-state index in [1.54, 1.807) is 0 Å². The number of nitrogens with two attached hydrogens (primary N) is 2. The fourth-order valence-corrected chi connectivity index (χ4v) is 2.36. The van der Waals surface area contributed by atoms with Gasteiger partial charge in [-0.25, -0.2) is 4.79 Å². The molecule has 4 atom stereocenters. The summed E-state index contributed by atoms with van der Waals surface area (Å²) in [5, 5.41) is 33.9. The van der Waals surface area contributed by atoms with Crippen molar-refractivity contribution in [2.45, 2.75) is 63.3 Å². The van der Waals surface area contributed by atoms with Gasteiger partial charge in [-0.05, 0) is 32.7 Å². The molecule has 10 N–H and O–H groups in total. The third kappa shape index (κ3) is 11.3. The smallest absolute Gasteiger partial charge is 0.328 e. The molecule has 0 aliphatic rings. The zero-order chi connectivity index (χ0) is 23.3. The first-order valence-corrected chi connectivity index (χ1v) is 9.45. The average Bonchev–Trinajstić information content (AvgIpc) is 2.66. The second kappa shape index (κ2) is 14.3. The summed E-state index contributed by atoms with van der Waals surface area (Å²) in [6.07, 6.45) is -0.518. The van der Waals surface area contributed by atoms with Crippen molar-refractivity contribution >= 4 is 29.7 Å². The number of unbranched alkanes of at least 4 members (excludes halogenated alkanes) is 1. The standard InChI is InChI=1S/C17H31N5O8/c1-9(23)14(17(29)30)22-16(28)11(5-6-13(25)26)21-12(24)8-20-15(27)10(19)4-2-3-7-18/h9-11,14,23H,2-8,18-19H2,1H3,(H,20,27)(H,21,24)(H,22,28)(H,25,26)(H,29,30). The Hall–Kier alpha value is -2.77. The topological polar surface area (TPSA) is 234 Å². The maximum absolute atomic E-state index is 12.3. The molecule has 0 saturated carbocycles. The van der Waals surface area contributed by atoms with Gasteiger partial charge in [0.15, 0.2) is 6.04 Å². The highest BCUT2D eigenvalue weighted by Crippen LogP contribution is 2.02. The fourth-order valence-electron chi connectivity index (χ4n) is 2.36. The maximum Gasteiger partial charge on any atom is 0.328 e. The molecule has 0 radical (unpaired) electrons. The second-order valence-electron chi connectivity index (χ2n) is 6.73. The molecule has 0 fully saturated rings. The van der Waals surface area contributed by atoms with Crippen molar-refractivity contribution in [3.63, 3.8) is 0 Å². The van der Waals surface area contributed by atoms with Crippen LogP contribution in [0.3, 0.4) is 0 Å². The largest absolute Gasteiger partial charge is 0.481 e. The van der Waals surface area contributed by atoms with Crippen LogP contribution in [0.5, 0.6) is 0 Å². The third-order valence-corrected chi connectivity index (χ3v) is 4.07. The number of hydrogen-bond donors (Lipinski definition) is 8. The highest BCUT2D eigenvalue weighted by Gasteiger charge is 2.29. The van der Waals surface area contributed by atoms with Crippen LogP contribution in [-0.2, 0) is 24.0 Å². The van der Waals surface area contributed by atoms with Crippen molar-refractivity contribution in [3.8, 4) is 0 Å². The molecule has 0 spiro atoms. The van der Waals surface area contributed by atoms with E-state index in [1.807, 2.05) is 5.32 Å². The van der Waals surface area contributed by atoms with Gasteiger partial charge in [0.05, 0.1) is 18.7 Å². The summed E-state index contributed by atoms with van der Waals surface area (Å²) in [5.74, 6) is -5.09. The average molecular weight is 433 g/mol.